The normalized spacial score (nSPS) is 33.9. The summed E-state index contributed by atoms with van der Waals surface area (Å²) in [6, 6.07) is 2.07. The van der Waals surface area contributed by atoms with E-state index in [4.69, 9.17) is 13.9 Å². The van der Waals surface area contributed by atoms with Crippen LogP contribution in [0.3, 0.4) is 0 Å². The zero-order chi connectivity index (χ0) is 14.8. The largest absolute Gasteiger partial charge is 0.472 e. The molecule has 3 fully saturated rings. The van der Waals surface area contributed by atoms with Crippen molar-refractivity contribution in [3.63, 3.8) is 0 Å². The summed E-state index contributed by atoms with van der Waals surface area (Å²) >= 11 is 0. The number of rotatable bonds is 4. The van der Waals surface area contributed by atoms with E-state index < -0.39 is 0 Å². The molecule has 0 N–H and O–H groups in total. The van der Waals surface area contributed by atoms with Crippen LogP contribution in [0.1, 0.15) is 12.0 Å². The molecule has 0 aliphatic carbocycles. The molecule has 0 unspecified atom stereocenters. The Morgan fingerprint density at radius 1 is 1.14 bits per heavy atom. The lowest BCUT2D eigenvalue weighted by molar-refractivity contribution is -0.00494. The van der Waals surface area contributed by atoms with Gasteiger partial charge in [-0.1, -0.05) is 0 Å². The quantitative estimate of drug-likeness (QED) is 0.842. The molecule has 3 saturated heterocycles. The van der Waals surface area contributed by atoms with Crippen molar-refractivity contribution in [3.8, 4) is 0 Å². The van der Waals surface area contributed by atoms with Crippen LogP contribution in [0.4, 0.5) is 0 Å². The predicted octanol–water partition coefficient (Wildman–Crippen LogP) is 1.45. The Balaban J connectivity index is 1.34. The molecule has 0 radical (unpaired) electrons. The van der Waals surface area contributed by atoms with Crippen molar-refractivity contribution < 1.29 is 13.9 Å². The summed E-state index contributed by atoms with van der Waals surface area (Å²) in [6.07, 6.45) is 5.29. The minimum Gasteiger partial charge on any atom is -0.472 e. The Bertz CT molecular complexity index is 458. The Morgan fingerprint density at radius 2 is 2.05 bits per heavy atom. The smallest absolute Gasteiger partial charge is 0.0947 e. The number of ether oxygens (including phenoxy) is 2. The van der Waals surface area contributed by atoms with Crippen molar-refractivity contribution >= 4 is 0 Å². The van der Waals surface area contributed by atoms with Gasteiger partial charge >= 0.3 is 0 Å². The maximum absolute atomic E-state index is 6.16. The van der Waals surface area contributed by atoms with Crippen molar-refractivity contribution in [2.45, 2.75) is 19.1 Å². The third kappa shape index (κ3) is 3.23. The highest BCUT2D eigenvalue weighted by Gasteiger charge is 2.41. The van der Waals surface area contributed by atoms with Gasteiger partial charge in [0.05, 0.1) is 38.5 Å². The molecule has 0 aromatic carbocycles. The average Bonchev–Trinajstić information content (AvgIpc) is 3.19. The highest BCUT2D eigenvalue weighted by atomic mass is 16.5. The van der Waals surface area contributed by atoms with Gasteiger partial charge in [-0.25, -0.2) is 0 Å². The van der Waals surface area contributed by atoms with Crippen LogP contribution in [-0.2, 0) is 16.0 Å². The standard InChI is InChI=1S/C17H26N2O3/c1-3-19(9-14-2-6-21-12-14)10-16-15(1)13-22-17(16)11-18-4-7-20-8-5-18/h2,6,12,15-17H,1,3-5,7-11,13H2/t15-,16-,17+/m0/s1. The van der Waals surface area contributed by atoms with Gasteiger partial charge in [-0.3, -0.25) is 9.80 Å². The molecule has 4 heterocycles. The molecule has 122 valence electrons. The maximum Gasteiger partial charge on any atom is 0.0947 e. The maximum atomic E-state index is 6.16. The summed E-state index contributed by atoms with van der Waals surface area (Å²) in [6.45, 7) is 9.21. The summed E-state index contributed by atoms with van der Waals surface area (Å²) in [5.41, 5.74) is 1.28. The number of hydrogen-bond donors (Lipinski definition) is 0. The van der Waals surface area contributed by atoms with Gasteiger partial charge in [0.2, 0.25) is 0 Å². The van der Waals surface area contributed by atoms with Gasteiger partial charge in [0.1, 0.15) is 0 Å². The fourth-order valence-corrected chi connectivity index (χ4v) is 4.11. The molecule has 22 heavy (non-hydrogen) atoms. The van der Waals surface area contributed by atoms with E-state index in [1.807, 2.05) is 6.26 Å². The van der Waals surface area contributed by atoms with Crippen molar-refractivity contribution in [1.82, 2.24) is 9.80 Å². The van der Waals surface area contributed by atoms with E-state index in [-0.39, 0.29) is 0 Å². The van der Waals surface area contributed by atoms with Crippen LogP contribution >= 0.6 is 0 Å². The average molecular weight is 306 g/mol. The molecule has 0 bridgehead atoms. The monoisotopic (exact) mass is 306 g/mol. The number of hydrogen-bond acceptors (Lipinski definition) is 5. The first-order valence-electron chi connectivity index (χ1n) is 8.53. The minimum absolute atomic E-state index is 0.398. The van der Waals surface area contributed by atoms with Crippen molar-refractivity contribution in [3.05, 3.63) is 24.2 Å². The third-order valence-electron chi connectivity index (χ3n) is 5.42. The summed E-state index contributed by atoms with van der Waals surface area (Å²) in [7, 11) is 0. The molecule has 5 nitrogen and oxygen atoms in total. The highest BCUT2D eigenvalue weighted by molar-refractivity contribution is 5.05. The molecular formula is C17H26N2O3. The summed E-state index contributed by atoms with van der Waals surface area (Å²) < 4.78 is 16.8. The van der Waals surface area contributed by atoms with Crippen LogP contribution < -0.4 is 0 Å². The molecular weight excluding hydrogens is 280 g/mol. The molecule has 3 aliphatic heterocycles. The fourth-order valence-electron chi connectivity index (χ4n) is 4.11. The Kier molecular flexibility index (Phi) is 4.48. The van der Waals surface area contributed by atoms with Crippen molar-refractivity contribution in [1.29, 1.82) is 0 Å². The number of fused-ring (bicyclic) bond motifs is 1. The molecule has 3 aliphatic rings. The summed E-state index contributed by atoms with van der Waals surface area (Å²) in [4.78, 5) is 5.07. The third-order valence-corrected chi connectivity index (χ3v) is 5.42. The predicted molar refractivity (Wildman–Crippen MR) is 82.6 cm³/mol. The second-order valence-electron chi connectivity index (χ2n) is 6.86. The van der Waals surface area contributed by atoms with E-state index in [1.54, 1.807) is 6.26 Å². The first-order valence-corrected chi connectivity index (χ1v) is 8.53. The molecule has 1 aromatic rings. The molecule has 0 spiro atoms. The Hall–Kier alpha value is -0.880. The van der Waals surface area contributed by atoms with Crippen LogP contribution in [0.2, 0.25) is 0 Å². The molecule has 4 rings (SSSR count). The molecule has 0 amide bonds. The Labute approximate surface area is 132 Å². The van der Waals surface area contributed by atoms with Crippen molar-refractivity contribution in [2.75, 3.05) is 52.5 Å². The number of morpholine rings is 1. The first kappa shape index (κ1) is 14.7. The lowest BCUT2D eigenvalue weighted by Gasteiger charge is -2.37. The second-order valence-corrected chi connectivity index (χ2v) is 6.86. The van der Waals surface area contributed by atoms with E-state index >= 15 is 0 Å². The van der Waals surface area contributed by atoms with Gasteiger partial charge in [-0.2, -0.15) is 0 Å². The molecule has 3 atom stereocenters. The van der Waals surface area contributed by atoms with Crippen LogP contribution in [0, 0.1) is 11.8 Å². The van der Waals surface area contributed by atoms with Crippen molar-refractivity contribution in [2.24, 2.45) is 11.8 Å². The highest BCUT2D eigenvalue weighted by Crippen LogP contribution is 2.35. The van der Waals surface area contributed by atoms with Crippen LogP contribution in [0.25, 0.3) is 0 Å². The Morgan fingerprint density at radius 3 is 2.86 bits per heavy atom. The van der Waals surface area contributed by atoms with Crippen LogP contribution in [0.15, 0.2) is 23.0 Å². The van der Waals surface area contributed by atoms with Gasteiger partial charge in [-0.05, 0) is 24.9 Å². The van der Waals surface area contributed by atoms with Gasteiger partial charge in [0.25, 0.3) is 0 Å². The van der Waals surface area contributed by atoms with Gasteiger partial charge in [-0.15, -0.1) is 0 Å². The molecule has 1 aromatic heterocycles. The summed E-state index contributed by atoms with van der Waals surface area (Å²) in [5.74, 6) is 1.44. The number of furan rings is 1. The first-order chi connectivity index (χ1) is 10.9. The summed E-state index contributed by atoms with van der Waals surface area (Å²) in [5, 5.41) is 0. The van der Waals surface area contributed by atoms with Crippen LogP contribution in [0.5, 0.6) is 0 Å². The van der Waals surface area contributed by atoms with E-state index in [0.717, 1.165) is 58.5 Å². The SMILES string of the molecule is c1cc(CN2CC[C@H]3CO[C@H](CN4CCOCC4)[C@H]3C2)co1. The fraction of sp³-hybridized carbons (Fsp3) is 0.765. The molecule has 0 saturated carbocycles. The second kappa shape index (κ2) is 6.71. The molecule has 5 heteroatoms. The van der Waals surface area contributed by atoms with Gasteiger partial charge in [0.15, 0.2) is 0 Å². The van der Waals surface area contributed by atoms with Gasteiger partial charge in [0, 0.05) is 44.2 Å². The van der Waals surface area contributed by atoms with Crippen LogP contribution in [-0.4, -0.2) is 68.4 Å². The lowest BCUT2D eigenvalue weighted by atomic mass is 9.84. The van der Waals surface area contributed by atoms with Gasteiger partial charge < -0.3 is 13.9 Å². The van der Waals surface area contributed by atoms with E-state index in [2.05, 4.69) is 15.9 Å². The zero-order valence-corrected chi connectivity index (χ0v) is 13.2. The number of piperidine rings is 1. The minimum atomic E-state index is 0.398. The van der Waals surface area contributed by atoms with E-state index in [9.17, 15) is 0 Å². The van der Waals surface area contributed by atoms with E-state index in [0.29, 0.717) is 12.0 Å². The van der Waals surface area contributed by atoms with E-state index in [1.165, 1.54) is 18.5 Å². The number of nitrogens with zero attached hydrogens (tertiary/aromatic N) is 2. The topological polar surface area (TPSA) is 38.1 Å². The lowest BCUT2D eigenvalue weighted by Crippen LogP contribution is -2.47. The zero-order valence-electron chi connectivity index (χ0n) is 13.2. The number of likely N-dealkylation sites (tertiary alicyclic amines) is 1.